The number of hydrogen-bond donors (Lipinski definition) is 0. The van der Waals surface area contributed by atoms with Gasteiger partial charge in [0.05, 0.1) is 11.1 Å². The van der Waals surface area contributed by atoms with Crippen molar-refractivity contribution in [2.24, 2.45) is 7.05 Å². The van der Waals surface area contributed by atoms with Gasteiger partial charge >= 0.3 is 0 Å². The van der Waals surface area contributed by atoms with E-state index in [0.29, 0.717) is 5.56 Å². The van der Waals surface area contributed by atoms with Crippen LogP contribution < -0.4 is 0 Å². The minimum absolute atomic E-state index is 0.663. The zero-order chi connectivity index (χ0) is 11.5. The van der Waals surface area contributed by atoms with Crippen molar-refractivity contribution >= 4 is 34.0 Å². The Morgan fingerprint density at radius 1 is 1.44 bits per heavy atom. The summed E-state index contributed by atoms with van der Waals surface area (Å²) in [5, 5.41) is 4.10. The Hall–Kier alpha value is -1.07. The minimum atomic E-state index is 0.663. The van der Waals surface area contributed by atoms with Crippen LogP contribution in [0, 0.1) is 0 Å². The third kappa shape index (κ3) is 2.54. The van der Waals surface area contributed by atoms with Crippen molar-refractivity contribution in [2.75, 3.05) is 0 Å². The van der Waals surface area contributed by atoms with E-state index in [4.69, 9.17) is 0 Å². The number of rotatable bonds is 3. The molecule has 0 N–H and O–H groups in total. The molecule has 0 saturated heterocycles. The van der Waals surface area contributed by atoms with Gasteiger partial charge in [0.2, 0.25) is 0 Å². The van der Waals surface area contributed by atoms with Crippen LogP contribution in [0.2, 0.25) is 0 Å². The Bertz CT molecular complexity index is 524. The molecule has 5 heteroatoms. The molecule has 3 nitrogen and oxygen atoms in total. The summed E-state index contributed by atoms with van der Waals surface area (Å²) < 4.78 is 2.58. The van der Waals surface area contributed by atoms with E-state index in [-0.39, 0.29) is 0 Å². The topological polar surface area (TPSA) is 34.9 Å². The predicted octanol–water partition coefficient (Wildman–Crippen LogP) is 3.15. The molecule has 0 aliphatic rings. The van der Waals surface area contributed by atoms with Crippen molar-refractivity contribution < 1.29 is 4.79 Å². The molecule has 2 aromatic rings. The Morgan fingerprint density at radius 3 is 2.81 bits per heavy atom. The molecule has 0 spiro atoms. The summed E-state index contributed by atoms with van der Waals surface area (Å²) in [5.41, 5.74) is 0.663. The molecule has 0 amide bonds. The predicted molar refractivity (Wildman–Crippen MR) is 66.9 cm³/mol. The van der Waals surface area contributed by atoms with E-state index in [2.05, 4.69) is 21.0 Å². The summed E-state index contributed by atoms with van der Waals surface area (Å²) in [5.74, 6) is 0. The van der Waals surface area contributed by atoms with Gasteiger partial charge in [0.1, 0.15) is 0 Å². The van der Waals surface area contributed by atoms with Gasteiger partial charge in [0.15, 0.2) is 6.29 Å². The lowest BCUT2D eigenvalue weighted by atomic mass is 10.2. The number of aldehydes is 1. The second-order valence-corrected chi connectivity index (χ2v) is 5.25. The first-order valence-corrected chi connectivity index (χ1v) is 6.21. The summed E-state index contributed by atoms with van der Waals surface area (Å²) in [4.78, 5) is 12.8. The highest BCUT2D eigenvalue weighted by Gasteiger charge is 2.03. The molecule has 0 atom stereocenters. The van der Waals surface area contributed by atoms with E-state index in [0.717, 1.165) is 20.5 Å². The number of hydrogen-bond acceptors (Lipinski definition) is 3. The number of nitrogens with zero attached hydrogens (tertiary/aromatic N) is 2. The van der Waals surface area contributed by atoms with E-state index < -0.39 is 0 Å². The second kappa shape index (κ2) is 4.84. The maximum absolute atomic E-state index is 10.7. The first-order valence-electron chi connectivity index (χ1n) is 4.60. The molecule has 0 radical (unpaired) electrons. The third-order valence-corrected chi connectivity index (χ3v) is 3.64. The van der Waals surface area contributed by atoms with Gasteiger partial charge in [-0.05, 0) is 18.2 Å². The average molecular weight is 297 g/mol. The smallest absolute Gasteiger partial charge is 0.151 e. The van der Waals surface area contributed by atoms with Crippen molar-refractivity contribution in [3.63, 3.8) is 0 Å². The summed E-state index contributed by atoms with van der Waals surface area (Å²) >= 11 is 4.97. The van der Waals surface area contributed by atoms with Gasteiger partial charge in [-0.15, -0.1) is 0 Å². The fraction of sp³-hybridized carbons (Fsp3) is 0.0909. The van der Waals surface area contributed by atoms with Crippen molar-refractivity contribution in [2.45, 2.75) is 9.79 Å². The molecule has 0 aliphatic carbocycles. The summed E-state index contributed by atoms with van der Waals surface area (Å²) in [6.45, 7) is 0. The van der Waals surface area contributed by atoms with Crippen molar-refractivity contribution in [3.8, 4) is 0 Å². The van der Waals surface area contributed by atoms with Crippen LogP contribution in [-0.4, -0.2) is 16.1 Å². The van der Waals surface area contributed by atoms with E-state index in [1.807, 2.05) is 31.6 Å². The van der Waals surface area contributed by atoms with Crippen LogP contribution in [0.15, 0.2) is 44.9 Å². The van der Waals surface area contributed by atoms with Crippen LogP contribution in [0.25, 0.3) is 0 Å². The molecule has 0 unspecified atom stereocenters. The molecular formula is C11H9BrN2OS. The lowest BCUT2D eigenvalue weighted by molar-refractivity contribution is 0.112. The Balaban J connectivity index is 2.22. The van der Waals surface area contributed by atoms with Crippen molar-refractivity contribution in [1.82, 2.24) is 9.78 Å². The van der Waals surface area contributed by atoms with Crippen molar-refractivity contribution in [3.05, 3.63) is 40.6 Å². The Labute approximate surface area is 106 Å². The maximum atomic E-state index is 10.7. The number of aromatic nitrogens is 2. The zero-order valence-corrected chi connectivity index (χ0v) is 11.0. The highest BCUT2D eigenvalue weighted by atomic mass is 79.9. The van der Waals surface area contributed by atoms with Gasteiger partial charge in [-0.3, -0.25) is 9.48 Å². The molecule has 2 rings (SSSR count). The van der Waals surface area contributed by atoms with Gasteiger partial charge in [0, 0.05) is 28.2 Å². The molecule has 16 heavy (non-hydrogen) atoms. The number of carbonyl (C=O) groups excluding carboxylic acids is 1. The summed E-state index contributed by atoms with van der Waals surface area (Å²) in [7, 11) is 1.88. The summed E-state index contributed by atoms with van der Waals surface area (Å²) in [6.07, 6.45) is 4.60. The van der Waals surface area contributed by atoms with Crippen LogP contribution in [-0.2, 0) is 7.05 Å². The molecular weight excluding hydrogens is 288 g/mol. The van der Waals surface area contributed by atoms with Crippen LogP contribution in [0.5, 0.6) is 0 Å². The van der Waals surface area contributed by atoms with Gasteiger partial charge in [-0.25, -0.2) is 0 Å². The highest BCUT2D eigenvalue weighted by Crippen LogP contribution is 2.30. The maximum Gasteiger partial charge on any atom is 0.151 e. The average Bonchev–Trinajstić information content (AvgIpc) is 2.64. The molecule has 0 fully saturated rings. The van der Waals surface area contributed by atoms with Crippen LogP contribution in [0.3, 0.4) is 0 Å². The molecule has 0 bridgehead atoms. The Morgan fingerprint density at radius 2 is 2.25 bits per heavy atom. The second-order valence-electron chi connectivity index (χ2n) is 3.25. The van der Waals surface area contributed by atoms with Gasteiger partial charge in [0.25, 0.3) is 0 Å². The van der Waals surface area contributed by atoms with E-state index >= 15 is 0 Å². The summed E-state index contributed by atoms with van der Waals surface area (Å²) in [6, 6.07) is 5.66. The monoisotopic (exact) mass is 296 g/mol. The van der Waals surface area contributed by atoms with E-state index in [1.54, 1.807) is 22.5 Å². The van der Waals surface area contributed by atoms with Gasteiger partial charge in [-0.1, -0.05) is 27.7 Å². The number of halogens is 1. The molecule has 0 aliphatic heterocycles. The SMILES string of the molecule is Cn1cc(Sc2ccc(C=O)c(Br)c2)cn1. The number of carbonyl (C=O) groups is 1. The fourth-order valence-corrected chi connectivity index (χ4v) is 2.77. The van der Waals surface area contributed by atoms with Gasteiger partial charge < -0.3 is 0 Å². The largest absolute Gasteiger partial charge is 0.298 e. The van der Waals surface area contributed by atoms with Crippen LogP contribution in [0.1, 0.15) is 10.4 Å². The quantitative estimate of drug-likeness (QED) is 0.816. The first kappa shape index (κ1) is 11.4. The van der Waals surface area contributed by atoms with Crippen molar-refractivity contribution in [1.29, 1.82) is 0 Å². The first-order chi connectivity index (χ1) is 7.69. The highest BCUT2D eigenvalue weighted by molar-refractivity contribution is 9.10. The molecule has 1 aromatic carbocycles. The van der Waals surface area contributed by atoms with E-state index in [1.165, 1.54) is 0 Å². The number of benzene rings is 1. The molecule has 1 heterocycles. The van der Waals surface area contributed by atoms with Gasteiger partial charge in [-0.2, -0.15) is 5.10 Å². The molecule has 1 aromatic heterocycles. The van der Waals surface area contributed by atoms with Crippen LogP contribution >= 0.6 is 27.7 Å². The standard InChI is InChI=1S/C11H9BrN2OS/c1-14-6-10(5-13-14)16-9-3-2-8(7-15)11(12)4-9/h2-7H,1H3. The minimum Gasteiger partial charge on any atom is -0.298 e. The molecule has 82 valence electrons. The van der Waals surface area contributed by atoms with E-state index in [9.17, 15) is 4.79 Å². The fourth-order valence-electron chi connectivity index (χ4n) is 1.25. The lowest BCUT2D eigenvalue weighted by Gasteiger charge is -2.01. The normalized spacial score (nSPS) is 10.4. The lowest BCUT2D eigenvalue weighted by Crippen LogP contribution is -1.84. The zero-order valence-electron chi connectivity index (χ0n) is 8.55. The number of aryl methyl sites for hydroxylation is 1. The van der Waals surface area contributed by atoms with Crippen LogP contribution in [0.4, 0.5) is 0 Å². The molecule has 0 saturated carbocycles. The third-order valence-electron chi connectivity index (χ3n) is 2.02. The Kier molecular flexibility index (Phi) is 3.46.